The van der Waals surface area contributed by atoms with Gasteiger partial charge in [0.2, 0.25) is 0 Å². The van der Waals surface area contributed by atoms with Crippen LogP contribution in [0.4, 0.5) is 10.5 Å². The number of aromatic hydroxyl groups is 1. The lowest BCUT2D eigenvalue weighted by Gasteiger charge is -2.28. The molecule has 0 aromatic heterocycles. The fraction of sp³-hybridized carbons (Fsp3) is 0.208. The van der Waals surface area contributed by atoms with Crippen molar-refractivity contribution in [3.63, 3.8) is 0 Å². The van der Waals surface area contributed by atoms with Crippen molar-refractivity contribution >= 4 is 21.8 Å². The first-order valence-electron chi connectivity index (χ1n) is 9.91. The molecular formula is C24H25NO6S. The number of anilines is 1. The molecule has 0 unspecified atom stereocenters. The van der Waals surface area contributed by atoms with Gasteiger partial charge in [0.1, 0.15) is 29.4 Å². The molecule has 0 spiro atoms. The first-order valence-corrected chi connectivity index (χ1v) is 11.3. The molecule has 8 heteroatoms. The minimum Gasteiger partial charge on any atom is -0.508 e. The van der Waals surface area contributed by atoms with E-state index in [-0.39, 0.29) is 28.7 Å². The number of hydrogen-bond acceptors (Lipinski definition) is 6. The number of amides is 1. The number of sulfonamides is 1. The second-order valence-corrected chi connectivity index (χ2v) is 9.78. The first-order chi connectivity index (χ1) is 15.1. The van der Waals surface area contributed by atoms with E-state index >= 15 is 0 Å². The van der Waals surface area contributed by atoms with E-state index in [0.29, 0.717) is 4.31 Å². The summed E-state index contributed by atoms with van der Waals surface area (Å²) in [6, 6.07) is 20.7. The summed E-state index contributed by atoms with van der Waals surface area (Å²) >= 11 is 0. The third-order valence-electron chi connectivity index (χ3n) is 4.24. The predicted octanol–water partition coefficient (Wildman–Crippen LogP) is 5.10. The first kappa shape index (κ1) is 23.1. The zero-order chi connectivity index (χ0) is 23.4. The van der Waals surface area contributed by atoms with Gasteiger partial charge in [0.05, 0.1) is 4.90 Å². The Morgan fingerprint density at radius 1 is 0.938 bits per heavy atom. The molecule has 0 aliphatic heterocycles. The maximum absolute atomic E-state index is 13.5. The monoisotopic (exact) mass is 455 g/mol. The molecule has 0 fully saturated rings. The highest BCUT2D eigenvalue weighted by Crippen LogP contribution is 2.37. The van der Waals surface area contributed by atoms with Crippen LogP contribution in [0.15, 0.2) is 83.8 Å². The van der Waals surface area contributed by atoms with Crippen LogP contribution in [0.5, 0.6) is 11.5 Å². The second-order valence-electron chi connectivity index (χ2n) is 7.99. The standard InChI is InChI=1S/C24H25NO6S/c1-24(2,3)31-23(27)25(32(28,29)20-12-8-5-9-13-20)21-16-19(26)14-15-22(21)30-17-18-10-6-4-7-11-18/h4-16,26H,17H2,1-3H3. The highest BCUT2D eigenvalue weighted by Gasteiger charge is 2.36. The summed E-state index contributed by atoms with van der Waals surface area (Å²) in [6.45, 7) is 5.03. The molecule has 168 valence electrons. The molecule has 0 bridgehead atoms. The van der Waals surface area contributed by atoms with Gasteiger partial charge in [-0.1, -0.05) is 48.5 Å². The number of benzene rings is 3. The number of phenolic OH excluding ortho intramolecular Hbond substituents is 1. The molecule has 0 radical (unpaired) electrons. The largest absolute Gasteiger partial charge is 0.508 e. The van der Waals surface area contributed by atoms with Gasteiger partial charge in [0.25, 0.3) is 10.0 Å². The third-order valence-corrected chi connectivity index (χ3v) is 5.93. The van der Waals surface area contributed by atoms with Crippen molar-refractivity contribution in [2.45, 2.75) is 37.9 Å². The quantitative estimate of drug-likeness (QED) is 0.556. The molecule has 0 saturated carbocycles. The Morgan fingerprint density at radius 3 is 2.12 bits per heavy atom. The summed E-state index contributed by atoms with van der Waals surface area (Å²) < 4.78 is 38.7. The number of carbonyl (C=O) groups excluding carboxylic acids is 1. The third kappa shape index (κ3) is 5.59. The molecule has 3 aromatic carbocycles. The van der Waals surface area contributed by atoms with E-state index in [0.717, 1.165) is 11.6 Å². The van der Waals surface area contributed by atoms with E-state index in [2.05, 4.69) is 0 Å². The van der Waals surface area contributed by atoms with E-state index in [9.17, 15) is 18.3 Å². The van der Waals surface area contributed by atoms with Crippen molar-refractivity contribution in [3.8, 4) is 11.5 Å². The zero-order valence-electron chi connectivity index (χ0n) is 18.1. The van der Waals surface area contributed by atoms with Gasteiger partial charge < -0.3 is 14.6 Å². The smallest absolute Gasteiger partial charge is 0.429 e. The van der Waals surface area contributed by atoms with E-state index in [1.807, 2.05) is 30.3 Å². The summed E-state index contributed by atoms with van der Waals surface area (Å²) in [7, 11) is -4.38. The second kappa shape index (κ2) is 9.32. The van der Waals surface area contributed by atoms with Crippen LogP contribution >= 0.6 is 0 Å². The van der Waals surface area contributed by atoms with Gasteiger partial charge in [-0.2, -0.15) is 4.31 Å². The number of hydrogen-bond donors (Lipinski definition) is 1. The number of carbonyl (C=O) groups is 1. The van der Waals surface area contributed by atoms with Gasteiger partial charge in [-0.05, 0) is 50.6 Å². The van der Waals surface area contributed by atoms with Gasteiger partial charge in [0, 0.05) is 6.07 Å². The SMILES string of the molecule is CC(C)(C)OC(=O)N(c1cc(O)ccc1OCc1ccccc1)S(=O)(=O)c1ccccc1. The Labute approximate surface area is 187 Å². The molecular weight excluding hydrogens is 430 g/mol. The molecule has 0 heterocycles. The molecule has 1 N–H and O–H groups in total. The van der Waals surface area contributed by atoms with Crippen molar-refractivity contribution in [1.29, 1.82) is 0 Å². The Morgan fingerprint density at radius 2 is 1.53 bits per heavy atom. The molecule has 0 aliphatic carbocycles. The Bertz CT molecular complexity index is 1170. The summed E-state index contributed by atoms with van der Waals surface area (Å²) in [5.41, 5.74) is -0.260. The molecule has 3 rings (SSSR count). The molecule has 7 nitrogen and oxygen atoms in total. The number of rotatable bonds is 6. The van der Waals surface area contributed by atoms with Crippen molar-refractivity contribution in [1.82, 2.24) is 0 Å². The normalized spacial score (nSPS) is 11.6. The Hall–Kier alpha value is -3.52. The van der Waals surface area contributed by atoms with Crippen LogP contribution in [0.2, 0.25) is 0 Å². The number of phenols is 1. The maximum atomic E-state index is 13.5. The van der Waals surface area contributed by atoms with Crippen LogP contribution in [0.1, 0.15) is 26.3 Å². The van der Waals surface area contributed by atoms with Crippen LogP contribution in [-0.4, -0.2) is 25.2 Å². The van der Waals surface area contributed by atoms with Gasteiger partial charge in [-0.15, -0.1) is 0 Å². The van der Waals surface area contributed by atoms with Crippen molar-refractivity contribution < 1.29 is 27.8 Å². The fourth-order valence-corrected chi connectivity index (χ4v) is 4.20. The molecule has 3 aromatic rings. The molecule has 1 amide bonds. The van der Waals surface area contributed by atoms with E-state index < -0.39 is 21.7 Å². The van der Waals surface area contributed by atoms with Gasteiger partial charge in [-0.25, -0.2) is 13.2 Å². The van der Waals surface area contributed by atoms with Crippen molar-refractivity contribution in [2.75, 3.05) is 4.31 Å². The van der Waals surface area contributed by atoms with E-state index in [1.54, 1.807) is 39.0 Å². The van der Waals surface area contributed by atoms with Crippen molar-refractivity contribution in [3.05, 3.63) is 84.4 Å². The molecule has 0 saturated heterocycles. The highest BCUT2D eigenvalue weighted by molar-refractivity contribution is 7.93. The van der Waals surface area contributed by atoms with Gasteiger partial charge in [-0.3, -0.25) is 0 Å². The summed E-state index contributed by atoms with van der Waals surface area (Å²) in [5, 5.41) is 10.1. The maximum Gasteiger partial charge on any atom is 0.429 e. The average Bonchev–Trinajstić information content (AvgIpc) is 2.73. The Kier molecular flexibility index (Phi) is 6.74. The lowest BCUT2D eigenvalue weighted by molar-refractivity contribution is 0.0608. The minimum absolute atomic E-state index is 0.0945. The summed E-state index contributed by atoms with van der Waals surface area (Å²) in [4.78, 5) is 13.0. The molecule has 0 atom stereocenters. The zero-order valence-corrected chi connectivity index (χ0v) is 18.9. The van der Waals surface area contributed by atoms with Crippen molar-refractivity contribution in [2.24, 2.45) is 0 Å². The van der Waals surface area contributed by atoms with E-state index in [1.165, 1.54) is 24.3 Å². The van der Waals surface area contributed by atoms with Crippen LogP contribution < -0.4 is 9.04 Å². The predicted molar refractivity (Wildman–Crippen MR) is 121 cm³/mol. The summed E-state index contributed by atoms with van der Waals surface area (Å²) in [5.74, 6) is -0.138. The topological polar surface area (TPSA) is 93.1 Å². The lowest BCUT2D eigenvalue weighted by Crippen LogP contribution is -2.41. The molecule has 0 aliphatic rings. The van der Waals surface area contributed by atoms with Crippen LogP contribution in [-0.2, 0) is 21.4 Å². The van der Waals surface area contributed by atoms with Gasteiger partial charge >= 0.3 is 6.09 Å². The van der Waals surface area contributed by atoms with Crippen LogP contribution in [0.25, 0.3) is 0 Å². The van der Waals surface area contributed by atoms with Gasteiger partial charge in [0.15, 0.2) is 0 Å². The van der Waals surface area contributed by atoms with Crippen LogP contribution in [0, 0.1) is 0 Å². The molecule has 32 heavy (non-hydrogen) atoms. The van der Waals surface area contributed by atoms with Crippen LogP contribution in [0.3, 0.4) is 0 Å². The number of ether oxygens (including phenoxy) is 2. The van der Waals surface area contributed by atoms with E-state index in [4.69, 9.17) is 9.47 Å². The minimum atomic E-state index is -4.38. The highest BCUT2D eigenvalue weighted by atomic mass is 32.2. The average molecular weight is 456 g/mol. The number of nitrogens with zero attached hydrogens (tertiary/aromatic N) is 1. The summed E-state index contributed by atoms with van der Waals surface area (Å²) in [6.07, 6.45) is -1.11. The fourth-order valence-electron chi connectivity index (χ4n) is 2.85. The lowest BCUT2D eigenvalue weighted by atomic mass is 10.2. The Balaban J connectivity index is 2.10.